The van der Waals surface area contributed by atoms with Gasteiger partial charge in [0.1, 0.15) is 0 Å². The van der Waals surface area contributed by atoms with Crippen LogP contribution in [0.2, 0.25) is 15.1 Å². The smallest absolute Gasteiger partial charge is 0.234 e. The largest absolute Gasteiger partial charge is 0.333 e. The van der Waals surface area contributed by atoms with Gasteiger partial charge in [-0.2, -0.15) is 0 Å². The van der Waals surface area contributed by atoms with E-state index in [0.29, 0.717) is 25.9 Å². The fourth-order valence-electron chi connectivity index (χ4n) is 2.11. The highest BCUT2D eigenvalue weighted by molar-refractivity contribution is 7.99. The van der Waals surface area contributed by atoms with E-state index in [1.54, 1.807) is 6.20 Å². The van der Waals surface area contributed by atoms with Crippen molar-refractivity contribution in [2.75, 3.05) is 11.1 Å². The average molecular weight is 413 g/mol. The number of H-pyrrole nitrogens is 1. The second-order valence-corrected chi connectivity index (χ2v) is 7.26. The quantitative estimate of drug-likeness (QED) is 0.523. The average Bonchev–Trinajstić information content (AvgIpc) is 3.06. The lowest BCUT2D eigenvalue weighted by Gasteiger charge is -2.09. The van der Waals surface area contributed by atoms with Crippen molar-refractivity contribution in [2.45, 2.75) is 5.16 Å². The zero-order chi connectivity index (χ0) is 17.8. The minimum Gasteiger partial charge on any atom is -0.333 e. The highest BCUT2D eigenvalue weighted by Crippen LogP contribution is 2.33. The molecule has 128 valence electrons. The first-order valence-electron chi connectivity index (χ1n) is 7.20. The van der Waals surface area contributed by atoms with Crippen LogP contribution in [-0.4, -0.2) is 21.6 Å². The summed E-state index contributed by atoms with van der Waals surface area (Å²) in [7, 11) is 0. The Bertz CT molecular complexity index is 876. The van der Waals surface area contributed by atoms with Crippen molar-refractivity contribution in [3.63, 3.8) is 0 Å². The topological polar surface area (TPSA) is 57.8 Å². The SMILES string of the molecule is O=C(CSc1ncc(-c2ccccc2)[nH]1)Nc1c(Cl)cc(Cl)cc1Cl. The van der Waals surface area contributed by atoms with Crippen molar-refractivity contribution in [1.29, 1.82) is 0 Å². The standard InChI is InChI=1S/C17H12Cl3N3OS/c18-11-6-12(19)16(13(20)7-11)23-15(24)9-25-17-21-8-14(22-17)10-4-2-1-3-5-10/h1-8H,9H2,(H,21,22)(H,23,24). The maximum Gasteiger partial charge on any atom is 0.234 e. The summed E-state index contributed by atoms with van der Waals surface area (Å²) in [5, 5.41) is 4.34. The molecule has 25 heavy (non-hydrogen) atoms. The number of nitrogens with one attached hydrogen (secondary N) is 2. The third-order valence-corrected chi connectivity index (χ3v) is 4.95. The summed E-state index contributed by atoms with van der Waals surface area (Å²) in [6.45, 7) is 0. The summed E-state index contributed by atoms with van der Waals surface area (Å²) >= 11 is 19.3. The molecule has 2 N–H and O–H groups in total. The van der Waals surface area contributed by atoms with Gasteiger partial charge in [0.25, 0.3) is 0 Å². The normalized spacial score (nSPS) is 10.7. The molecule has 1 heterocycles. The van der Waals surface area contributed by atoms with Gasteiger partial charge in [0.05, 0.1) is 33.4 Å². The first kappa shape index (κ1) is 18.1. The monoisotopic (exact) mass is 411 g/mol. The van der Waals surface area contributed by atoms with Gasteiger partial charge in [-0.05, 0) is 17.7 Å². The Hall–Kier alpha value is -1.66. The fraction of sp³-hybridized carbons (Fsp3) is 0.0588. The number of aromatic amines is 1. The number of thioether (sulfide) groups is 1. The number of rotatable bonds is 5. The van der Waals surface area contributed by atoms with E-state index >= 15 is 0 Å². The Kier molecular flexibility index (Phi) is 5.91. The van der Waals surface area contributed by atoms with Gasteiger partial charge in [-0.3, -0.25) is 4.79 Å². The van der Waals surface area contributed by atoms with Crippen molar-refractivity contribution < 1.29 is 4.79 Å². The molecule has 3 aromatic rings. The lowest BCUT2D eigenvalue weighted by Crippen LogP contribution is -2.14. The van der Waals surface area contributed by atoms with E-state index in [-0.39, 0.29) is 11.7 Å². The van der Waals surface area contributed by atoms with Gasteiger partial charge in [-0.25, -0.2) is 4.98 Å². The number of benzene rings is 2. The Labute approximate surface area is 163 Å². The minimum atomic E-state index is -0.242. The van der Waals surface area contributed by atoms with E-state index in [1.165, 1.54) is 23.9 Å². The Balaban J connectivity index is 1.61. The van der Waals surface area contributed by atoms with E-state index < -0.39 is 0 Å². The van der Waals surface area contributed by atoms with Gasteiger partial charge in [0.15, 0.2) is 5.16 Å². The third-order valence-electron chi connectivity index (χ3n) is 3.25. The van der Waals surface area contributed by atoms with Gasteiger partial charge < -0.3 is 10.3 Å². The summed E-state index contributed by atoms with van der Waals surface area (Å²) in [5.74, 6) is -0.0781. The summed E-state index contributed by atoms with van der Waals surface area (Å²) in [6.07, 6.45) is 1.74. The molecule has 2 aromatic carbocycles. The van der Waals surface area contributed by atoms with Crippen LogP contribution in [0.1, 0.15) is 0 Å². The van der Waals surface area contributed by atoms with Crippen LogP contribution < -0.4 is 5.32 Å². The molecule has 0 saturated heterocycles. The van der Waals surface area contributed by atoms with Crippen molar-refractivity contribution in [1.82, 2.24) is 9.97 Å². The van der Waals surface area contributed by atoms with Crippen molar-refractivity contribution in [3.05, 3.63) is 63.7 Å². The lowest BCUT2D eigenvalue weighted by molar-refractivity contribution is -0.113. The maximum absolute atomic E-state index is 12.1. The molecule has 0 saturated carbocycles. The first-order chi connectivity index (χ1) is 12.0. The highest BCUT2D eigenvalue weighted by atomic mass is 35.5. The van der Waals surface area contributed by atoms with Crippen LogP contribution >= 0.6 is 46.6 Å². The number of halogens is 3. The minimum absolute atomic E-state index is 0.164. The lowest BCUT2D eigenvalue weighted by atomic mass is 10.2. The van der Waals surface area contributed by atoms with Crippen LogP contribution in [0.4, 0.5) is 5.69 Å². The molecule has 0 atom stereocenters. The van der Waals surface area contributed by atoms with Gasteiger partial charge in [0, 0.05) is 5.02 Å². The molecule has 0 aliphatic carbocycles. The molecule has 0 radical (unpaired) electrons. The molecule has 1 amide bonds. The second-order valence-electron chi connectivity index (χ2n) is 5.05. The highest BCUT2D eigenvalue weighted by Gasteiger charge is 2.12. The number of amides is 1. The van der Waals surface area contributed by atoms with Gasteiger partial charge in [0.2, 0.25) is 5.91 Å². The number of aromatic nitrogens is 2. The molecular formula is C17H12Cl3N3OS. The predicted molar refractivity (Wildman–Crippen MR) is 105 cm³/mol. The summed E-state index contributed by atoms with van der Waals surface area (Å²) in [4.78, 5) is 19.6. The second kappa shape index (κ2) is 8.15. The molecule has 4 nitrogen and oxygen atoms in total. The number of hydrogen-bond acceptors (Lipinski definition) is 3. The zero-order valence-electron chi connectivity index (χ0n) is 12.7. The van der Waals surface area contributed by atoms with Crippen molar-refractivity contribution in [3.8, 4) is 11.3 Å². The predicted octanol–water partition coefficient (Wildman–Crippen LogP) is 5.77. The molecular weight excluding hydrogens is 401 g/mol. The molecule has 1 aromatic heterocycles. The summed E-state index contributed by atoms with van der Waals surface area (Å²) in [5.41, 5.74) is 2.28. The number of anilines is 1. The Morgan fingerprint density at radius 1 is 1.12 bits per heavy atom. The number of carbonyl (C=O) groups excluding carboxylic acids is 1. The summed E-state index contributed by atoms with van der Waals surface area (Å²) in [6, 6.07) is 12.9. The molecule has 0 aliphatic heterocycles. The Morgan fingerprint density at radius 2 is 1.80 bits per heavy atom. The first-order valence-corrected chi connectivity index (χ1v) is 9.32. The van der Waals surface area contributed by atoms with Crippen LogP contribution in [0.3, 0.4) is 0 Å². The number of hydrogen-bond donors (Lipinski definition) is 2. The van der Waals surface area contributed by atoms with Crippen molar-refractivity contribution >= 4 is 58.2 Å². The van der Waals surface area contributed by atoms with E-state index in [2.05, 4.69) is 15.3 Å². The number of imidazole rings is 1. The zero-order valence-corrected chi connectivity index (χ0v) is 15.8. The molecule has 0 bridgehead atoms. The van der Waals surface area contributed by atoms with Crippen LogP contribution in [-0.2, 0) is 4.79 Å². The number of nitrogens with zero attached hydrogens (tertiary/aromatic N) is 1. The Morgan fingerprint density at radius 3 is 2.48 bits per heavy atom. The van der Waals surface area contributed by atoms with E-state index in [1.807, 2.05) is 30.3 Å². The maximum atomic E-state index is 12.1. The van der Waals surface area contributed by atoms with Gasteiger partial charge in [-0.1, -0.05) is 76.9 Å². The number of carbonyl (C=O) groups is 1. The fourth-order valence-corrected chi connectivity index (χ4v) is 3.67. The molecule has 0 fully saturated rings. The van der Waals surface area contributed by atoms with Crippen LogP contribution in [0.5, 0.6) is 0 Å². The van der Waals surface area contributed by atoms with E-state index in [9.17, 15) is 4.79 Å². The van der Waals surface area contributed by atoms with Crippen LogP contribution in [0.25, 0.3) is 11.3 Å². The van der Waals surface area contributed by atoms with Gasteiger partial charge in [-0.15, -0.1) is 0 Å². The molecule has 0 aliphatic rings. The van der Waals surface area contributed by atoms with Crippen molar-refractivity contribution in [2.24, 2.45) is 0 Å². The molecule has 3 rings (SSSR count). The van der Waals surface area contributed by atoms with Gasteiger partial charge >= 0.3 is 0 Å². The van der Waals surface area contributed by atoms with Crippen LogP contribution in [0, 0.1) is 0 Å². The third kappa shape index (κ3) is 4.70. The van der Waals surface area contributed by atoms with E-state index in [4.69, 9.17) is 34.8 Å². The van der Waals surface area contributed by atoms with E-state index in [0.717, 1.165) is 11.3 Å². The summed E-state index contributed by atoms with van der Waals surface area (Å²) < 4.78 is 0. The van der Waals surface area contributed by atoms with Crippen LogP contribution in [0.15, 0.2) is 53.8 Å². The molecule has 0 unspecified atom stereocenters. The molecule has 8 heteroatoms. The molecule has 0 spiro atoms.